The molecule has 0 bridgehead atoms. The van der Waals surface area contributed by atoms with Gasteiger partial charge in [-0.05, 0) is 37.5 Å². The Labute approximate surface area is 72.8 Å². The molecule has 0 aliphatic carbocycles. The van der Waals surface area contributed by atoms with Crippen molar-refractivity contribution in [3.05, 3.63) is 22.8 Å². The number of hydrogen-bond acceptors (Lipinski definition) is 2. The maximum Gasteiger partial charge on any atom is 0.163 e. The van der Waals surface area contributed by atoms with Gasteiger partial charge in [-0.2, -0.15) is 0 Å². The molecule has 0 fully saturated rings. The first-order valence-corrected chi connectivity index (χ1v) is 3.91. The molecule has 0 heterocycles. The second-order valence-corrected chi connectivity index (χ2v) is 3.02. The van der Waals surface area contributed by atoms with Crippen molar-refractivity contribution >= 4 is 0 Å². The normalized spacial score (nSPS) is 10.0. The zero-order chi connectivity index (χ0) is 9.30. The molecule has 0 unspecified atom stereocenters. The summed E-state index contributed by atoms with van der Waals surface area (Å²) in [4.78, 5) is 0. The van der Waals surface area contributed by atoms with Gasteiger partial charge in [-0.1, -0.05) is 6.07 Å². The molecular weight excluding hydrogens is 152 g/mol. The van der Waals surface area contributed by atoms with Gasteiger partial charge in [0.15, 0.2) is 11.5 Å². The molecule has 2 heteroatoms. The number of methoxy groups -OCH3 is 1. The summed E-state index contributed by atoms with van der Waals surface area (Å²) in [6.07, 6.45) is 0. The van der Waals surface area contributed by atoms with Crippen molar-refractivity contribution in [2.45, 2.75) is 20.8 Å². The van der Waals surface area contributed by atoms with E-state index >= 15 is 0 Å². The number of rotatable bonds is 1. The SMILES string of the molecule is COc1c(C)c(C)cc(C)c1O. The van der Waals surface area contributed by atoms with E-state index in [1.54, 1.807) is 7.11 Å². The molecule has 12 heavy (non-hydrogen) atoms. The molecule has 66 valence electrons. The first kappa shape index (κ1) is 8.91. The first-order chi connectivity index (χ1) is 5.57. The molecule has 2 nitrogen and oxygen atoms in total. The molecule has 0 aliphatic heterocycles. The number of hydrogen-bond donors (Lipinski definition) is 1. The highest BCUT2D eigenvalue weighted by molar-refractivity contribution is 5.53. The summed E-state index contributed by atoms with van der Waals surface area (Å²) >= 11 is 0. The highest BCUT2D eigenvalue weighted by Crippen LogP contribution is 2.34. The van der Waals surface area contributed by atoms with Crippen LogP contribution in [0.4, 0.5) is 0 Å². The van der Waals surface area contributed by atoms with Gasteiger partial charge in [0.25, 0.3) is 0 Å². The first-order valence-electron chi connectivity index (χ1n) is 3.91. The summed E-state index contributed by atoms with van der Waals surface area (Å²) in [5, 5.41) is 9.58. The van der Waals surface area contributed by atoms with Gasteiger partial charge in [0.2, 0.25) is 0 Å². The van der Waals surface area contributed by atoms with Gasteiger partial charge in [0, 0.05) is 0 Å². The highest BCUT2D eigenvalue weighted by Gasteiger charge is 2.09. The smallest absolute Gasteiger partial charge is 0.163 e. The average molecular weight is 166 g/mol. The summed E-state index contributed by atoms with van der Waals surface area (Å²) in [6, 6.07) is 1.95. The quantitative estimate of drug-likeness (QED) is 0.693. The Hall–Kier alpha value is -1.18. The maximum atomic E-state index is 9.58. The molecule has 0 radical (unpaired) electrons. The zero-order valence-corrected chi connectivity index (χ0v) is 7.93. The van der Waals surface area contributed by atoms with Crippen LogP contribution in [-0.4, -0.2) is 12.2 Å². The lowest BCUT2D eigenvalue weighted by Crippen LogP contribution is -1.92. The van der Waals surface area contributed by atoms with Crippen molar-refractivity contribution in [3.63, 3.8) is 0 Å². The van der Waals surface area contributed by atoms with Crippen molar-refractivity contribution < 1.29 is 9.84 Å². The van der Waals surface area contributed by atoms with Gasteiger partial charge in [-0.3, -0.25) is 0 Å². The lowest BCUT2D eigenvalue weighted by molar-refractivity contribution is 0.368. The molecule has 1 rings (SSSR count). The van der Waals surface area contributed by atoms with Crippen molar-refractivity contribution in [1.82, 2.24) is 0 Å². The molecule has 0 atom stereocenters. The van der Waals surface area contributed by atoms with E-state index in [2.05, 4.69) is 0 Å². The number of phenolic OH excluding ortho intramolecular Hbond substituents is 1. The molecule has 0 saturated heterocycles. The molecular formula is C10H14O2. The predicted molar refractivity (Wildman–Crippen MR) is 48.9 cm³/mol. The topological polar surface area (TPSA) is 29.5 Å². The van der Waals surface area contributed by atoms with Crippen LogP contribution in [0.5, 0.6) is 11.5 Å². The summed E-state index contributed by atoms with van der Waals surface area (Å²) in [6.45, 7) is 5.81. The van der Waals surface area contributed by atoms with Gasteiger partial charge in [0.05, 0.1) is 7.11 Å². The van der Waals surface area contributed by atoms with Crippen LogP contribution in [0.2, 0.25) is 0 Å². The average Bonchev–Trinajstić information content (AvgIpc) is 2.02. The third kappa shape index (κ3) is 1.24. The number of phenols is 1. The van der Waals surface area contributed by atoms with Gasteiger partial charge >= 0.3 is 0 Å². The Morgan fingerprint density at radius 3 is 2.25 bits per heavy atom. The zero-order valence-electron chi connectivity index (χ0n) is 7.93. The Morgan fingerprint density at radius 1 is 1.17 bits per heavy atom. The minimum absolute atomic E-state index is 0.251. The van der Waals surface area contributed by atoms with E-state index in [0.717, 1.165) is 16.7 Å². The van der Waals surface area contributed by atoms with Crippen LogP contribution >= 0.6 is 0 Å². The van der Waals surface area contributed by atoms with E-state index in [1.807, 2.05) is 26.8 Å². The van der Waals surface area contributed by atoms with E-state index in [1.165, 1.54) is 0 Å². The lowest BCUT2D eigenvalue weighted by Gasteiger charge is -2.11. The lowest BCUT2D eigenvalue weighted by atomic mass is 10.0. The number of aromatic hydroxyl groups is 1. The predicted octanol–water partition coefficient (Wildman–Crippen LogP) is 2.33. The van der Waals surface area contributed by atoms with Crippen LogP contribution in [0.3, 0.4) is 0 Å². The van der Waals surface area contributed by atoms with Crippen LogP contribution in [0, 0.1) is 20.8 Å². The van der Waals surface area contributed by atoms with Gasteiger partial charge < -0.3 is 9.84 Å². The minimum atomic E-state index is 0.251. The second-order valence-electron chi connectivity index (χ2n) is 3.02. The largest absolute Gasteiger partial charge is 0.504 e. The van der Waals surface area contributed by atoms with E-state index < -0.39 is 0 Å². The molecule has 1 aromatic carbocycles. The molecule has 1 N–H and O–H groups in total. The van der Waals surface area contributed by atoms with Crippen molar-refractivity contribution in [3.8, 4) is 11.5 Å². The Bertz CT molecular complexity index is 277. The fourth-order valence-electron chi connectivity index (χ4n) is 1.29. The van der Waals surface area contributed by atoms with Gasteiger partial charge in [0.1, 0.15) is 0 Å². The van der Waals surface area contributed by atoms with Crippen LogP contribution in [0.15, 0.2) is 6.07 Å². The molecule has 1 aromatic rings. The number of benzene rings is 1. The fourth-order valence-corrected chi connectivity index (χ4v) is 1.29. The van der Waals surface area contributed by atoms with Crippen molar-refractivity contribution in [2.24, 2.45) is 0 Å². The molecule has 0 aromatic heterocycles. The third-order valence-corrected chi connectivity index (χ3v) is 2.16. The van der Waals surface area contributed by atoms with E-state index in [0.29, 0.717) is 5.75 Å². The Morgan fingerprint density at radius 2 is 1.75 bits per heavy atom. The molecule has 0 saturated carbocycles. The Balaban J connectivity index is 3.42. The minimum Gasteiger partial charge on any atom is -0.504 e. The van der Waals surface area contributed by atoms with Crippen LogP contribution in [-0.2, 0) is 0 Å². The summed E-state index contributed by atoms with van der Waals surface area (Å²) in [5.74, 6) is 0.841. The Kier molecular flexibility index (Phi) is 2.27. The maximum absolute atomic E-state index is 9.58. The van der Waals surface area contributed by atoms with E-state index in [-0.39, 0.29) is 5.75 Å². The molecule has 0 amide bonds. The second kappa shape index (κ2) is 3.05. The number of aryl methyl sites for hydroxylation is 2. The summed E-state index contributed by atoms with van der Waals surface area (Å²) in [7, 11) is 1.57. The monoisotopic (exact) mass is 166 g/mol. The van der Waals surface area contributed by atoms with Crippen LogP contribution in [0.25, 0.3) is 0 Å². The molecule has 0 spiro atoms. The van der Waals surface area contributed by atoms with Gasteiger partial charge in [-0.25, -0.2) is 0 Å². The van der Waals surface area contributed by atoms with Crippen molar-refractivity contribution in [2.75, 3.05) is 7.11 Å². The molecule has 0 aliphatic rings. The van der Waals surface area contributed by atoms with Gasteiger partial charge in [-0.15, -0.1) is 0 Å². The van der Waals surface area contributed by atoms with Crippen LogP contribution < -0.4 is 4.74 Å². The third-order valence-electron chi connectivity index (χ3n) is 2.16. The fraction of sp³-hybridized carbons (Fsp3) is 0.400. The number of ether oxygens (including phenoxy) is 1. The standard InChI is InChI=1S/C10H14O2/c1-6-5-7(2)9(11)10(12-4)8(6)3/h5,11H,1-4H3. The highest BCUT2D eigenvalue weighted by atomic mass is 16.5. The summed E-state index contributed by atoms with van der Waals surface area (Å²) in [5.41, 5.74) is 3.00. The summed E-state index contributed by atoms with van der Waals surface area (Å²) < 4.78 is 5.09. The van der Waals surface area contributed by atoms with E-state index in [4.69, 9.17) is 4.74 Å². The van der Waals surface area contributed by atoms with Crippen LogP contribution in [0.1, 0.15) is 16.7 Å². The van der Waals surface area contributed by atoms with Crippen molar-refractivity contribution in [1.29, 1.82) is 0 Å². The van der Waals surface area contributed by atoms with E-state index in [9.17, 15) is 5.11 Å².